The zero-order chi connectivity index (χ0) is 16.2. The van der Waals surface area contributed by atoms with E-state index < -0.39 is 5.97 Å². The molecule has 0 amide bonds. The van der Waals surface area contributed by atoms with Crippen LogP contribution >= 0.6 is 11.3 Å². The Hall–Kier alpha value is -2.40. The predicted molar refractivity (Wildman–Crippen MR) is 89.5 cm³/mol. The molecule has 5 heteroatoms. The second-order valence-corrected chi connectivity index (χ2v) is 6.33. The van der Waals surface area contributed by atoms with E-state index in [1.54, 1.807) is 23.5 Å². The van der Waals surface area contributed by atoms with Crippen LogP contribution in [0.5, 0.6) is 0 Å². The molecule has 1 aromatic carbocycles. The van der Waals surface area contributed by atoms with E-state index in [0.717, 1.165) is 16.3 Å². The number of carbonyl (C=O) groups is 1. The molecule has 0 atom stereocenters. The molecule has 0 bridgehead atoms. The maximum Gasteiger partial charge on any atom is 0.374 e. The second-order valence-electron chi connectivity index (χ2n) is 5.47. The molecule has 0 fully saturated rings. The normalized spacial score (nSPS) is 10.9. The minimum absolute atomic E-state index is 0.139. The average molecular weight is 327 g/mol. The van der Waals surface area contributed by atoms with E-state index >= 15 is 0 Å². The summed E-state index contributed by atoms with van der Waals surface area (Å²) < 4.78 is 10.2. The smallest absolute Gasteiger partial charge is 0.374 e. The van der Waals surface area contributed by atoms with Crippen molar-refractivity contribution in [2.75, 3.05) is 0 Å². The van der Waals surface area contributed by atoms with Gasteiger partial charge in [-0.25, -0.2) is 9.78 Å². The van der Waals surface area contributed by atoms with Crippen LogP contribution in [0.15, 0.2) is 52.5 Å². The molecule has 0 aliphatic heterocycles. The van der Waals surface area contributed by atoms with Crippen molar-refractivity contribution in [2.45, 2.75) is 26.4 Å². The molecule has 0 radical (unpaired) electrons. The van der Waals surface area contributed by atoms with Crippen LogP contribution in [0, 0.1) is 0 Å². The first-order chi connectivity index (χ1) is 11.1. The Labute approximate surface area is 138 Å². The highest BCUT2D eigenvalue weighted by Crippen LogP contribution is 2.26. The summed E-state index contributed by atoms with van der Waals surface area (Å²) in [6.07, 6.45) is 1.44. The topological polar surface area (TPSA) is 52.3 Å². The van der Waals surface area contributed by atoms with Gasteiger partial charge in [0, 0.05) is 10.9 Å². The Morgan fingerprint density at radius 2 is 2.04 bits per heavy atom. The standard InChI is InChI=1S/C18H17NO3S/c1-12(2)13-5-7-14(8-6-13)17-19-15(11-23-17)10-22-18(20)16-4-3-9-21-16/h3-9,11-12H,10H2,1-2H3. The van der Waals surface area contributed by atoms with Gasteiger partial charge in [0.25, 0.3) is 0 Å². The fourth-order valence-corrected chi connectivity index (χ4v) is 2.93. The third-order valence-corrected chi connectivity index (χ3v) is 4.39. The van der Waals surface area contributed by atoms with Crippen molar-refractivity contribution in [3.63, 3.8) is 0 Å². The lowest BCUT2D eigenvalue weighted by Crippen LogP contribution is -2.04. The largest absolute Gasteiger partial charge is 0.457 e. The van der Waals surface area contributed by atoms with Gasteiger partial charge < -0.3 is 9.15 Å². The van der Waals surface area contributed by atoms with Crippen molar-refractivity contribution >= 4 is 17.3 Å². The van der Waals surface area contributed by atoms with E-state index in [-0.39, 0.29) is 12.4 Å². The first kappa shape index (κ1) is 15.5. The summed E-state index contributed by atoms with van der Waals surface area (Å²) in [5.41, 5.74) is 3.11. The number of ether oxygens (including phenoxy) is 1. The monoisotopic (exact) mass is 327 g/mol. The Balaban J connectivity index is 1.64. The van der Waals surface area contributed by atoms with Gasteiger partial charge in [-0.05, 0) is 23.6 Å². The van der Waals surface area contributed by atoms with Crippen molar-refractivity contribution in [3.8, 4) is 10.6 Å². The minimum Gasteiger partial charge on any atom is -0.457 e. The van der Waals surface area contributed by atoms with Gasteiger partial charge in [0.15, 0.2) is 0 Å². The van der Waals surface area contributed by atoms with Crippen LogP contribution in [0.2, 0.25) is 0 Å². The van der Waals surface area contributed by atoms with Gasteiger partial charge in [0.2, 0.25) is 5.76 Å². The van der Waals surface area contributed by atoms with E-state index in [1.165, 1.54) is 11.8 Å². The number of thiazole rings is 1. The first-order valence-corrected chi connectivity index (χ1v) is 8.27. The highest BCUT2D eigenvalue weighted by atomic mass is 32.1. The van der Waals surface area contributed by atoms with Crippen LogP contribution in [0.3, 0.4) is 0 Å². The van der Waals surface area contributed by atoms with Gasteiger partial charge in [-0.3, -0.25) is 0 Å². The molecule has 0 aliphatic rings. The molecule has 0 saturated carbocycles. The summed E-state index contributed by atoms with van der Waals surface area (Å²) in [6.45, 7) is 4.48. The number of nitrogens with zero attached hydrogens (tertiary/aromatic N) is 1. The molecular weight excluding hydrogens is 310 g/mol. The summed E-state index contributed by atoms with van der Waals surface area (Å²) >= 11 is 1.54. The Morgan fingerprint density at radius 3 is 2.70 bits per heavy atom. The molecule has 2 aromatic heterocycles. The maximum atomic E-state index is 11.7. The second kappa shape index (κ2) is 6.79. The highest BCUT2D eigenvalue weighted by Gasteiger charge is 2.12. The first-order valence-electron chi connectivity index (χ1n) is 7.39. The molecule has 23 heavy (non-hydrogen) atoms. The molecule has 3 rings (SSSR count). The van der Waals surface area contributed by atoms with Gasteiger partial charge in [-0.15, -0.1) is 11.3 Å². The van der Waals surface area contributed by atoms with E-state index in [1.807, 2.05) is 5.38 Å². The molecule has 0 aliphatic carbocycles. The minimum atomic E-state index is -0.481. The molecule has 118 valence electrons. The predicted octanol–water partition coefficient (Wildman–Crippen LogP) is 4.88. The molecule has 0 saturated heterocycles. The van der Waals surface area contributed by atoms with E-state index in [0.29, 0.717) is 5.92 Å². The molecule has 0 unspecified atom stereocenters. The van der Waals surface area contributed by atoms with Crippen LogP contribution in [0.1, 0.15) is 41.6 Å². The highest BCUT2D eigenvalue weighted by molar-refractivity contribution is 7.13. The van der Waals surface area contributed by atoms with Crippen molar-refractivity contribution in [1.29, 1.82) is 0 Å². The van der Waals surface area contributed by atoms with Gasteiger partial charge in [0.1, 0.15) is 11.6 Å². The van der Waals surface area contributed by atoms with Crippen LogP contribution in [0.4, 0.5) is 0 Å². The number of carbonyl (C=O) groups excluding carboxylic acids is 1. The molecule has 0 spiro atoms. The Morgan fingerprint density at radius 1 is 1.26 bits per heavy atom. The van der Waals surface area contributed by atoms with E-state index in [4.69, 9.17) is 9.15 Å². The van der Waals surface area contributed by atoms with Crippen molar-refractivity contribution < 1.29 is 13.9 Å². The maximum absolute atomic E-state index is 11.7. The number of hydrogen-bond acceptors (Lipinski definition) is 5. The van der Waals surface area contributed by atoms with Gasteiger partial charge in [0.05, 0.1) is 12.0 Å². The molecule has 3 aromatic rings. The third kappa shape index (κ3) is 3.68. The fourth-order valence-electron chi connectivity index (χ4n) is 2.12. The van der Waals surface area contributed by atoms with Crippen LogP contribution in [0.25, 0.3) is 10.6 Å². The van der Waals surface area contributed by atoms with E-state index in [2.05, 4.69) is 43.1 Å². The average Bonchev–Trinajstić information content (AvgIpc) is 3.24. The van der Waals surface area contributed by atoms with Crippen molar-refractivity contribution in [2.24, 2.45) is 0 Å². The third-order valence-electron chi connectivity index (χ3n) is 3.45. The van der Waals surface area contributed by atoms with E-state index in [9.17, 15) is 4.79 Å². The number of furan rings is 1. The van der Waals surface area contributed by atoms with Crippen molar-refractivity contribution in [1.82, 2.24) is 4.98 Å². The molecule has 2 heterocycles. The summed E-state index contributed by atoms with van der Waals surface area (Å²) in [7, 11) is 0. The molecule has 4 nitrogen and oxygen atoms in total. The number of benzene rings is 1. The number of aromatic nitrogens is 1. The zero-order valence-corrected chi connectivity index (χ0v) is 13.8. The van der Waals surface area contributed by atoms with Gasteiger partial charge >= 0.3 is 5.97 Å². The lowest BCUT2D eigenvalue weighted by molar-refractivity contribution is 0.0432. The lowest BCUT2D eigenvalue weighted by atomic mass is 10.0. The Kier molecular flexibility index (Phi) is 4.57. The quantitative estimate of drug-likeness (QED) is 0.626. The molecular formula is C18H17NO3S. The fraction of sp³-hybridized carbons (Fsp3) is 0.222. The summed E-state index contributed by atoms with van der Waals surface area (Å²) in [5.74, 6) is 0.229. The summed E-state index contributed by atoms with van der Waals surface area (Å²) in [5, 5.41) is 2.82. The Bertz CT molecular complexity index is 773. The SMILES string of the molecule is CC(C)c1ccc(-c2nc(COC(=O)c3ccco3)cs2)cc1. The van der Waals surface area contributed by atoms with Crippen molar-refractivity contribution in [3.05, 3.63) is 65.1 Å². The summed E-state index contributed by atoms with van der Waals surface area (Å²) in [4.78, 5) is 16.2. The lowest BCUT2D eigenvalue weighted by Gasteiger charge is -2.05. The summed E-state index contributed by atoms with van der Waals surface area (Å²) in [6, 6.07) is 11.6. The van der Waals surface area contributed by atoms with Gasteiger partial charge in [-0.2, -0.15) is 0 Å². The number of esters is 1. The van der Waals surface area contributed by atoms with Gasteiger partial charge in [-0.1, -0.05) is 38.1 Å². The van der Waals surface area contributed by atoms with Crippen LogP contribution < -0.4 is 0 Å². The van der Waals surface area contributed by atoms with Crippen LogP contribution in [-0.2, 0) is 11.3 Å². The van der Waals surface area contributed by atoms with Crippen LogP contribution in [-0.4, -0.2) is 11.0 Å². The molecule has 0 N–H and O–H groups in total. The number of rotatable bonds is 5. The number of hydrogen-bond donors (Lipinski definition) is 0. The zero-order valence-electron chi connectivity index (χ0n) is 13.0.